The fraction of sp³-hybridized carbons (Fsp3) is 0.558. The van der Waals surface area contributed by atoms with E-state index in [0.29, 0.717) is 40.1 Å². The first-order valence-corrected chi connectivity index (χ1v) is 25.6. The highest BCUT2D eigenvalue weighted by Gasteiger charge is 2.52. The van der Waals surface area contributed by atoms with E-state index in [1.54, 1.807) is 13.2 Å². The molecular formula is C43H61N3O10Si2. The number of nitrogens with zero attached hydrogens (tertiary/aromatic N) is 2. The number of esters is 1. The third-order valence-corrected chi connectivity index (χ3v) is 20.8. The minimum atomic E-state index is -2.43. The van der Waals surface area contributed by atoms with E-state index >= 15 is 0 Å². The molecule has 15 heteroatoms. The van der Waals surface area contributed by atoms with Gasteiger partial charge in [0.1, 0.15) is 37.7 Å². The third-order valence-electron chi connectivity index (χ3n) is 12.1. The Morgan fingerprint density at radius 3 is 2.09 bits per heavy atom. The molecule has 1 saturated heterocycles. The topological polar surface area (TPSA) is 147 Å². The first-order chi connectivity index (χ1) is 27.1. The number of hydrogen-bond acceptors (Lipinski definition) is 12. The highest BCUT2D eigenvalue weighted by molar-refractivity contribution is 6.75. The van der Waals surface area contributed by atoms with E-state index in [1.165, 1.54) is 6.08 Å². The molecule has 5 rings (SSSR count). The molecule has 3 aliphatic heterocycles. The normalized spacial score (nSPS) is 18.8. The molecule has 3 aliphatic rings. The van der Waals surface area contributed by atoms with Gasteiger partial charge < -0.3 is 42.6 Å². The van der Waals surface area contributed by atoms with E-state index < -0.39 is 52.9 Å². The van der Waals surface area contributed by atoms with Crippen LogP contribution in [0.1, 0.15) is 69.8 Å². The predicted octanol–water partition coefficient (Wildman–Crippen LogP) is 8.31. The van der Waals surface area contributed by atoms with Crippen LogP contribution in [0.3, 0.4) is 0 Å². The Kier molecular flexibility index (Phi) is 13.0. The molecule has 13 nitrogen and oxygen atoms in total. The van der Waals surface area contributed by atoms with Crippen molar-refractivity contribution >= 4 is 28.7 Å². The summed E-state index contributed by atoms with van der Waals surface area (Å²) in [4.78, 5) is 29.1. The fourth-order valence-corrected chi connectivity index (χ4v) is 9.08. The SMILES string of the molecule is C=CCOC(=O)N[C@@H](Cc1cc(O[Si](C)(C)C(C)(C)C)c(OC)c(O[Si](C)(C)C(C)(C)C)c1)[C@H](C#N)N1[C@H]2Cc3c(OCC=C)c(C)c4c(c3[C@@H]1COC2=O)OCO4. The number of ether oxygens (including phenoxy) is 6. The van der Waals surface area contributed by atoms with Gasteiger partial charge in [-0.15, -0.1) is 0 Å². The van der Waals surface area contributed by atoms with Crippen molar-refractivity contribution in [2.75, 3.05) is 33.7 Å². The molecule has 1 N–H and O–H groups in total. The number of cyclic esters (lactones) is 1. The number of amides is 1. The third kappa shape index (κ3) is 8.69. The van der Waals surface area contributed by atoms with Crippen LogP contribution in [0.2, 0.25) is 36.3 Å². The summed E-state index contributed by atoms with van der Waals surface area (Å²) in [6, 6.07) is 2.76. The van der Waals surface area contributed by atoms with E-state index in [9.17, 15) is 14.9 Å². The molecule has 3 heterocycles. The Hall–Kier alpha value is -4.66. The zero-order valence-electron chi connectivity index (χ0n) is 36.3. The summed E-state index contributed by atoms with van der Waals surface area (Å²) in [5.74, 6) is 2.67. The van der Waals surface area contributed by atoms with E-state index in [1.807, 2.05) is 24.0 Å². The second-order valence-electron chi connectivity index (χ2n) is 18.1. The van der Waals surface area contributed by atoms with Gasteiger partial charge in [0.05, 0.1) is 25.3 Å². The summed E-state index contributed by atoms with van der Waals surface area (Å²) in [6.07, 6.45) is 2.67. The van der Waals surface area contributed by atoms with Crippen molar-refractivity contribution in [1.29, 1.82) is 5.26 Å². The van der Waals surface area contributed by atoms with Crippen LogP contribution in [0.25, 0.3) is 0 Å². The Balaban J connectivity index is 1.67. The number of morpholine rings is 1. The smallest absolute Gasteiger partial charge is 0.407 e. The maximum absolute atomic E-state index is 13.8. The largest absolute Gasteiger partial charge is 0.541 e. The number of carbonyl (C=O) groups excluding carboxylic acids is 2. The van der Waals surface area contributed by atoms with Crippen LogP contribution in [0.5, 0.6) is 34.5 Å². The second kappa shape index (κ2) is 16.9. The van der Waals surface area contributed by atoms with Crippen LogP contribution in [0.15, 0.2) is 37.4 Å². The number of benzene rings is 2. The van der Waals surface area contributed by atoms with Gasteiger partial charge in [0.25, 0.3) is 16.6 Å². The average Bonchev–Trinajstić information content (AvgIpc) is 3.62. The van der Waals surface area contributed by atoms with Gasteiger partial charge in [0.15, 0.2) is 23.0 Å². The van der Waals surface area contributed by atoms with Crippen LogP contribution in [-0.2, 0) is 27.1 Å². The van der Waals surface area contributed by atoms with Crippen molar-refractivity contribution in [2.45, 2.75) is 122 Å². The highest BCUT2D eigenvalue weighted by Crippen LogP contribution is 2.54. The maximum atomic E-state index is 13.8. The Labute approximate surface area is 345 Å². The van der Waals surface area contributed by atoms with Gasteiger partial charge in [0.2, 0.25) is 12.5 Å². The van der Waals surface area contributed by atoms with E-state index in [4.69, 9.17) is 37.3 Å². The predicted molar refractivity (Wildman–Crippen MR) is 226 cm³/mol. The summed E-state index contributed by atoms with van der Waals surface area (Å²) in [5.41, 5.74) is 2.97. The maximum Gasteiger partial charge on any atom is 0.407 e. The number of fused-ring (bicyclic) bond motifs is 6. The fourth-order valence-electron chi connectivity index (χ4n) is 7.07. The number of methoxy groups -OCH3 is 1. The van der Waals surface area contributed by atoms with Crippen LogP contribution in [0, 0.1) is 18.3 Å². The van der Waals surface area contributed by atoms with Crippen molar-refractivity contribution in [3.63, 3.8) is 0 Å². The van der Waals surface area contributed by atoms with Crippen LogP contribution >= 0.6 is 0 Å². The molecule has 0 aromatic heterocycles. The van der Waals surface area contributed by atoms with Crippen molar-refractivity contribution < 1.29 is 46.9 Å². The molecule has 316 valence electrons. The summed E-state index contributed by atoms with van der Waals surface area (Å²) in [7, 11) is -3.25. The Bertz CT molecular complexity index is 1910. The molecule has 0 aliphatic carbocycles. The minimum absolute atomic E-state index is 0.000492. The molecule has 58 heavy (non-hydrogen) atoms. The molecule has 0 unspecified atom stereocenters. The van der Waals surface area contributed by atoms with Crippen molar-refractivity contribution in [3.05, 3.63) is 59.7 Å². The highest BCUT2D eigenvalue weighted by atomic mass is 28.4. The Morgan fingerprint density at radius 1 is 0.966 bits per heavy atom. The number of hydrogen-bond donors (Lipinski definition) is 1. The molecular weight excluding hydrogens is 775 g/mol. The van der Waals surface area contributed by atoms with Gasteiger partial charge in [-0.1, -0.05) is 66.9 Å². The quantitative estimate of drug-likeness (QED) is 0.105. The van der Waals surface area contributed by atoms with Gasteiger partial charge in [-0.3, -0.25) is 9.69 Å². The van der Waals surface area contributed by atoms with Crippen LogP contribution < -0.4 is 33.1 Å². The van der Waals surface area contributed by atoms with Gasteiger partial charge in [-0.25, -0.2) is 4.79 Å². The first-order valence-electron chi connectivity index (χ1n) is 19.8. The molecule has 0 spiro atoms. The number of carbonyl (C=O) groups is 2. The Morgan fingerprint density at radius 2 is 1.55 bits per heavy atom. The van der Waals surface area contributed by atoms with Gasteiger partial charge in [0, 0.05) is 23.1 Å². The standard InChI is InChI=1S/C43H61N3O10Si2/c1-15-17-50-36-26(3)37-39(54-25-53-37)35-28(36)22-30-40(47)52-24-32(35)46(30)31(23-44)29(45-41(48)51-18-16-2)19-27-20-33(55-57(11,12)42(4,5)6)38(49-10)34(21-27)56-58(13,14)43(7,8)9/h15-16,20-21,29-32H,1-2,17-19,22,24-25H2,3-14H3,(H,45,48)/t29-,30-,31-,32-/m0/s1. The minimum Gasteiger partial charge on any atom is -0.541 e. The molecule has 0 radical (unpaired) electrons. The summed E-state index contributed by atoms with van der Waals surface area (Å²) in [6.45, 7) is 31.1. The van der Waals surface area contributed by atoms with Crippen LogP contribution in [-0.4, -0.2) is 85.4 Å². The molecule has 1 fully saturated rings. The van der Waals surface area contributed by atoms with Crippen molar-refractivity contribution in [1.82, 2.24) is 10.2 Å². The lowest BCUT2D eigenvalue weighted by atomic mass is 9.81. The lowest BCUT2D eigenvalue weighted by Gasteiger charge is -2.49. The van der Waals surface area contributed by atoms with Gasteiger partial charge >= 0.3 is 12.1 Å². The van der Waals surface area contributed by atoms with Gasteiger partial charge in [-0.2, -0.15) is 5.26 Å². The van der Waals surface area contributed by atoms with E-state index in [-0.39, 0.29) is 49.5 Å². The van der Waals surface area contributed by atoms with Gasteiger partial charge in [-0.05, 0) is 67.3 Å². The zero-order valence-corrected chi connectivity index (χ0v) is 38.3. The number of nitriles is 1. The number of rotatable bonds is 15. The molecule has 1 amide bonds. The molecule has 4 atom stereocenters. The summed E-state index contributed by atoms with van der Waals surface area (Å²) >= 11 is 0. The van der Waals surface area contributed by atoms with Crippen molar-refractivity contribution in [3.8, 4) is 40.6 Å². The zero-order chi connectivity index (χ0) is 43.0. The second-order valence-corrected chi connectivity index (χ2v) is 27.5. The average molecular weight is 836 g/mol. The molecule has 2 aromatic rings. The van der Waals surface area contributed by atoms with E-state index in [2.05, 4.69) is 92.3 Å². The number of alkyl carbamates (subject to hydrolysis) is 1. The summed E-state index contributed by atoms with van der Waals surface area (Å²) in [5, 5.41) is 13.9. The van der Waals surface area contributed by atoms with E-state index in [0.717, 1.165) is 16.7 Å². The van der Waals surface area contributed by atoms with Crippen LogP contribution in [0.4, 0.5) is 4.79 Å². The lowest BCUT2D eigenvalue weighted by molar-refractivity contribution is -0.166. The summed E-state index contributed by atoms with van der Waals surface area (Å²) < 4.78 is 49.3. The number of nitrogens with one attached hydrogen (secondary N) is 1. The molecule has 0 saturated carbocycles. The lowest BCUT2D eigenvalue weighted by Crippen LogP contribution is -2.63. The first kappa shape index (κ1) is 44.4. The van der Waals surface area contributed by atoms with Crippen molar-refractivity contribution in [2.24, 2.45) is 0 Å². The molecule has 2 bridgehead atoms. The monoisotopic (exact) mass is 835 g/mol. The molecule has 2 aromatic carbocycles.